The lowest BCUT2D eigenvalue weighted by atomic mass is 9.98. The van der Waals surface area contributed by atoms with Crippen LogP contribution in [0.4, 0.5) is 0 Å². The van der Waals surface area contributed by atoms with Crippen molar-refractivity contribution in [2.75, 3.05) is 19.0 Å². The Bertz CT molecular complexity index is 1420. The van der Waals surface area contributed by atoms with Crippen LogP contribution in [0.5, 0.6) is 5.75 Å². The molecule has 3 aromatic rings. The number of carbonyl (C=O) groups excluding carboxylic acids is 3. The van der Waals surface area contributed by atoms with Gasteiger partial charge in [0.1, 0.15) is 19.0 Å². The second-order valence-electron chi connectivity index (χ2n) is 11.9. The van der Waals surface area contributed by atoms with Crippen molar-refractivity contribution in [3.05, 3.63) is 127 Å². The van der Waals surface area contributed by atoms with E-state index in [1.807, 2.05) is 91.0 Å². The molecule has 49 heavy (non-hydrogen) atoms. The molecule has 3 rings (SSSR count). The molecule has 0 heterocycles. The molecule has 2 amide bonds. The summed E-state index contributed by atoms with van der Waals surface area (Å²) in [6, 6.07) is 26.5. The highest BCUT2D eigenvalue weighted by molar-refractivity contribution is 7.98. The van der Waals surface area contributed by atoms with Gasteiger partial charge in [0.25, 0.3) is 0 Å². The van der Waals surface area contributed by atoms with Crippen molar-refractivity contribution in [1.29, 1.82) is 0 Å². The fourth-order valence-corrected chi connectivity index (χ4v) is 6.08. The van der Waals surface area contributed by atoms with Crippen molar-refractivity contribution < 1.29 is 29.0 Å². The van der Waals surface area contributed by atoms with Gasteiger partial charge in [-0.05, 0) is 60.9 Å². The Balaban J connectivity index is 1.53. The number of benzene rings is 3. The van der Waals surface area contributed by atoms with Crippen LogP contribution in [-0.2, 0) is 37.9 Å². The van der Waals surface area contributed by atoms with Crippen molar-refractivity contribution in [3.8, 4) is 5.75 Å². The first kappa shape index (κ1) is 39.1. The maximum Gasteiger partial charge on any atom is 0.305 e. The third-order valence-corrected chi connectivity index (χ3v) is 8.93. The summed E-state index contributed by atoms with van der Waals surface area (Å²) in [5.41, 5.74) is 3.16. The Kier molecular flexibility index (Phi) is 18.4. The van der Waals surface area contributed by atoms with Crippen LogP contribution in [-0.4, -0.2) is 53.9 Å². The molecule has 0 aliphatic carbocycles. The minimum Gasteiger partial charge on any atom is -0.489 e. The highest BCUT2D eigenvalue weighted by Crippen LogP contribution is 2.18. The van der Waals surface area contributed by atoms with E-state index < -0.39 is 18.0 Å². The maximum absolute atomic E-state index is 13.5. The summed E-state index contributed by atoms with van der Waals surface area (Å²) in [7, 11) is 0. The number of esters is 1. The highest BCUT2D eigenvalue weighted by Gasteiger charge is 2.25. The van der Waals surface area contributed by atoms with E-state index in [1.54, 1.807) is 17.8 Å². The normalized spacial score (nSPS) is 12.6. The van der Waals surface area contributed by atoms with Gasteiger partial charge in [0.2, 0.25) is 11.8 Å². The van der Waals surface area contributed by atoms with Gasteiger partial charge in [-0.15, -0.1) is 13.2 Å². The number of amides is 2. The second kappa shape index (κ2) is 23.1. The molecule has 0 radical (unpaired) electrons. The topological polar surface area (TPSA) is 114 Å². The van der Waals surface area contributed by atoms with Crippen LogP contribution >= 0.6 is 11.8 Å². The lowest BCUT2D eigenvalue weighted by molar-refractivity contribution is -0.145. The van der Waals surface area contributed by atoms with Crippen LogP contribution in [0.25, 0.3) is 0 Å². The van der Waals surface area contributed by atoms with E-state index in [9.17, 15) is 19.5 Å². The number of aliphatic hydroxyl groups excluding tert-OH is 1. The highest BCUT2D eigenvalue weighted by atomic mass is 32.2. The lowest BCUT2D eigenvalue weighted by Crippen LogP contribution is -2.45. The zero-order chi connectivity index (χ0) is 35.1. The lowest BCUT2D eigenvalue weighted by Gasteiger charge is -2.23. The quantitative estimate of drug-likeness (QED) is 0.0555. The van der Waals surface area contributed by atoms with E-state index in [0.29, 0.717) is 38.0 Å². The predicted molar refractivity (Wildman–Crippen MR) is 197 cm³/mol. The number of thioether (sulfide) groups is 1. The third kappa shape index (κ3) is 16.1. The van der Waals surface area contributed by atoms with E-state index in [1.165, 1.54) is 0 Å². The van der Waals surface area contributed by atoms with E-state index in [0.717, 1.165) is 41.0 Å². The Hall–Kier alpha value is -4.34. The molecule has 0 spiro atoms. The molecule has 0 bridgehead atoms. The SMILES string of the molecule is C=CCCCCC(=O)OCC(CSCc1ccccc1)NC(=O)C(CC=C)CC(=O)NC(CO)Cc1ccc(OCc2ccccc2)cc1. The first-order valence-corrected chi connectivity index (χ1v) is 18.0. The number of rotatable bonds is 24. The van der Waals surface area contributed by atoms with E-state index in [4.69, 9.17) is 9.47 Å². The number of carbonyl (C=O) groups is 3. The van der Waals surface area contributed by atoms with Gasteiger partial charge >= 0.3 is 5.97 Å². The monoisotopic (exact) mass is 686 g/mol. The average Bonchev–Trinajstić information content (AvgIpc) is 3.12. The summed E-state index contributed by atoms with van der Waals surface area (Å²) >= 11 is 1.63. The van der Waals surface area contributed by atoms with Gasteiger partial charge in [0, 0.05) is 24.3 Å². The largest absolute Gasteiger partial charge is 0.489 e. The van der Waals surface area contributed by atoms with Crippen molar-refractivity contribution in [1.82, 2.24) is 10.6 Å². The minimum absolute atomic E-state index is 0.0451. The molecule has 8 nitrogen and oxygen atoms in total. The number of ether oxygens (including phenoxy) is 2. The van der Waals surface area contributed by atoms with E-state index in [2.05, 4.69) is 23.8 Å². The third-order valence-electron chi connectivity index (χ3n) is 7.75. The Morgan fingerprint density at radius 3 is 2.16 bits per heavy atom. The summed E-state index contributed by atoms with van der Waals surface area (Å²) in [6.07, 6.45) is 6.81. The zero-order valence-electron chi connectivity index (χ0n) is 28.3. The molecular weight excluding hydrogens is 637 g/mol. The maximum atomic E-state index is 13.5. The fourth-order valence-electron chi connectivity index (χ4n) is 5.07. The van der Waals surface area contributed by atoms with Gasteiger partial charge in [0.05, 0.1) is 24.6 Å². The second-order valence-corrected chi connectivity index (χ2v) is 12.9. The summed E-state index contributed by atoms with van der Waals surface area (Å²) in [5, 5.41) is 15.9. The summed E-state index contributed by atoms with van der Waals surface area (Å²) < 4.78 is 11.4. The van der Waals surface area contributed by atoms with E-state index in [-0.39, 0.29) is 37.4 Å². The molecule has 0 aliphatic rings. The standard InChI is InChI=1S/C40H50N2O6S/c1-3-5-6-13-19-39(45)48-28-36(30-49-29-33-17-11-8-12-18-33)42-40(46)34(14-4-2)25-38(44)41-35(26-43)24-31-20-22-37(23-21-31)47-27-32-15-9-7-10-16-32/h3-4,7-12,15-18,20-23,34-36,43H,1-2,5-6,13-14,19,24-30H2,(H,41,44)(H,42,46). The first-order chi connectivity index (χ1) is 23.9. The molecule has 0 aliphatic heterocycles. The molecule has 0 saturated heterocycles. The summed E-state index contributed by atoms with van der Waals surface area (Å²) in [5.74, 6) is 0.369. The number of aliphatic hydroxyl groups is 1. The summed E-state index contributed by atoms with van der Waals surface area (Å²) in [4.78, 5) is 38.9. The Morgan fingerprint density at radius 1 is 0.816 bits per heavy atom. The molecule has 3 N–H and O–H groups in total. The Labute approximate surface area is 295 Å². The predicted octanol–water partition coefficient (Wildman–Crippen LogP) is 6.58. The number of unbranched alkanes of at least 4 members (excludes halogenated alkanes) is 2. The van der Waals surface area contributed by atoms with Crippen LogP contribution in [0.15, 0.2) is 110 Å². The molecule has 0 aromatic heterocycles. The van der Waals surface area contributed by atoms with Gasteiger partial charge in [-0.2, -0.15) is 11.8 Å². The van der Waals surface area contributed by atoms with Gasteiger partial charge in [0.15, 0.2) is 0 Å². The molecule has 262 valence electrons. The van der Waals surface area contributed by atoms with Crippen molar-refractivity contribution >= 4 is 29.5 Å². The fraction of sp³-hybridized carbons (Fsp3) is 0.375. The van der Waals surface area contributed by atoms with E-state index >= 15 is 0 Å². The zero-order valence-corrected chi connectivity index (χ0v) is 29.1. The van der Waals surface area contributed by atoms with Gasteiger partial charge in [-0.1, -0.05) is 84.9 Å². The molecule has 3 atom stereocenters. The number of hydrogen-bond donors (Lipinski definition) is 3. The molecule has 3 unspecified atom stereocenters. The van der Waals surface area contributed by atoms with Crippen LogP contribution in [0, 0.1) is 5.92 Å². The van der Waals surface area contributed by atoms with Crippen molar-refractivity contribution in [2.24, 2.45) is 5.92 Å². The summed E-state index contributed by atoms with van der Waals surface area (Å²) in [6.45, 7) is 7.74. The average molecular weight is 687 g/mol. The van der Waals surface area contributed by atoms with Crippen LogP contribution < -0.4 is 15.4 Å². The molecule has 3 aromatic carbocycles. The molecule has 0 fully saturated rings. The van der Waals surface area contributed by atoms with Gasteiger partial charge in [-0.25, -0.2) is 0 Å². The Morgan fingerprint density at radius 2 is 1.51 bits per heavy atom. The number of nitrogens with one attached hydrogen (secondary N) is 2. The minimum atomic E-state index is -0.672. The van der Waals surface area contributed by atoms with Gasteiger partial charge in [-0.3, -0.25) is 14.4 Å². The van der Waals surface area contributed by atoms with Crippen molar-refractivity contribution in [2.45, 2.75) is 69.4 Å². The van der Waals surface area contributed by atoms with Crippen molar-refractivity contribution in [3.63, 3.8) is 0 Å². The number of allylic oxidation sites excluding steroid dienone is 2. The van der Waals surface area contributed by atoms with Crippen LogP contribution in [0.1, 0.15) is 55.2 Å². The molecular formula is C40H50N2O6S. The van der Waals surface area contributed by atoms with Crippen LogP contribution in [0.3, 0.4) is 0 Å². The molecule has 0 saturated carbocycles. The van der Waals surface area contributed by atoms with Gasteiger partial charge < -0.3 is 25.2 Å². The first-order valence-electron chi connectivity index (χ1n) is 16.9. The molecule has 9 heteroatoms. The van der Waals surface area contributed by atoms with Crippen LogP contribution in [0.2, 0.25) is 0 Å². The number of hydrogen-bond acceptors (Lipinski definition) is 7. The smallest absolute Gasteiger partial charge is 0.305 e.